The predicted molar refractivity (Wildman–Crippen MR) is 142 cm³/mol. The summed E-state index contributed by atoms with van der Waals surface area (Å²) in [4.78, 5) is 37.8. The molecule has 0 unspecified atom stereocenters. The van der Waals surface area contributed by atoms with E-state index < -0.39 is 0 Å². The number of aromatic nitrogens is 3. The first kappa shape index (κ1) is 22.2. The van der Waals surface area contributed by atoms with E-state index in [-0.39, 0.29) is 17.4 Å². The van der Waals surface area contributed by atoms with Crippen LogP contribution in [0.3, 0.4) is 0 Å². The molecule has 2 amide bonds. The van der Waals surface area contributed by atoms with Gasteiger partial charge in [-0.2, -0.15) is 0 Å². The van der Waals surface area contributed by atoms with E-state index in [1.54, 1.807) is 24.4 Å². The number of benzene rings is 2. The van der Waals surface area contributed by atoms with Gasteiger partial charge in [-0.3, -0.25) is 14.6 Å². The molecule has 2 aromatic heterocycles. The molecule has 2 aromatic carbocycles. The number of nitrogens with one attached hydrogen (secondary N) is 3. The van der Waals surface area contributed by atoms with E-state index in [0.717, 1.165) is 59.4 Å². The van der Waals surface area contributed by atoms with Gasteiger partial charge in [0.2, 0.25) is 0 Å². The molecule has 4 aliphatic carbocycles. The van der Waals surface area contributed by atoms with Crippen molar-refractivity contribution in [1.29, 1.82) is 0 Å². The summed E-state index contributed by atoms with van der Waals surface area (Å²) >= 11 is 0. The van der Waals surface area contributed by atoms with Crippen LogP contribution in [0.2, 0.25) is 0 Å². The van der Waals surface area contributed by atoms with Gasteiger partial charge in [0, 0.05) is 28.6 Å². The zero-order valence-electron chi connectivity index (χ0n) is 20.5. The van der Waals surface area contributed by atoms with E-state index in [1.165, 1.54) is 19.3 Å². The van der Waals surface area contributed by atoms with Crippen molar-refractivity contribution in [3.63, 3.8) is 0 Å². The van der Waals surface area contributed by atoms with Crippen molar-refractivity contribution >= 4 is 28.5 Å². The first-order chi connectivity index (χ1) is 18.0. The van der Waals surface area contributed by atoms with Crippen molar-refractivity contribution in [2.75, 3.05) is 5.32 Å². The van der Waals surface area contributed by atoms with Crippen LogP contribution in [0.1, 0.15) is 59.4 Å². The molecule has 0 radical (unpaired) electrons. The summed E-state index contributed by atoms with van der Waals surface area (Å²) in [5.74, 6) is 2.85. The van der Waals surface area contributed by atoms with Crippen LogP contribution < -0.4 is 10.6 Å². The standard InChI is InChI=1S/C30H29N5O2/c36-28(35-30-15-18-11-19(16-30)13-20(12-18)17-30)22-6-9-24-26(14-22)34-27(33-24)21-4-7-23(8-5-21)32-29(37)25-3-1-2-10-31-25/h1-10,14,18-20H,11-13,15-17H2,(H,32,37)(H,33,34)(H,35,36). The summed E-state index contributed by atoms with van der Waals surface area (Å²) in [6.45, 7) is 0. The van der Waals surface area contributed by atoms with Crippen molar-refractivity contribution in [2.24, 2.45) is 17.8 Å². The Morgan fingerprint density at radius 3 is 2.27 bits per heavy atom. The van der Waals surface area contributed by atoms with Crippen molar-refractivity contribution in [3.8, 4) is 11.4 Å². The first-order valence-corrected chi connectivity index (χ1v) is 13.2. The molecule has 4 aromatic rings. The number of H-pyrrole nitrogens is 1. The molecule has 4 saturated carbocycles. The average Bonchev–Trinajstić information content (AvgIpc) is 3.32. The Morgan fingerprint density at radius 1 is 0.865 bits per heavy atom. The van der Waals surface area contributed by atoms with E-state index in [9.17, 15) is 9.59 Å². The van der Waals surface area contributed by atoms with Gasteiger partial charge in [-0.1, -0.05) is 6.07 Å². The molecular formula is C30H29N5O2. The fourth-order valence-electron chi connectivity index (χ4n) is 7.26. The molecule has 4 fully saturated rings. The van der Waals surface area contributed by atoms with E-state index in [2.05, 4.69) is 20.6 Å². The van der Waals surface area contributed by atoms with Crippen LogP contribution in [-0.4, -0.2) is 32.3 Å². The molecule has 7 heteroatoms. The minimum absolute atomic E-state index is 0.00867. The first-order valence-electron chi connectivity index (χ1n) is 13.2. The van der Waals surface area contributed by atoms with Crippen LogP contribution in [0.4, 0.5) is 5.69 Å². The summed E-state index contributed by atoms with van der Waals surface area (Å²) in [7, 11) is 0. The van der Waals surface area contributed by atoms with Crippen molar-refractivity contribution in [1.82, 2.24) is 20.3 Å². The smallest absolute Gasteiger partial charge is 0.274 e. The van der Waals surface area contributed by atoms with E-state index >= 15 is 0 Å². The highest BCUT2D eigenvalue weighted by Crippen LogP contribution is 2.55. The second-order valence-electron chi connectivity index (χ2n) is 11.2. The number of anilines is 1. The minimum atomic E-state index is -0.253. The molecule has 186 valence electrons. The number of hydrogen-bond acceptors (Lipinski definition) is 4. The monoisotopic (exact) mass is 491 g/mol. The van der Waals surface area contributed by atoms with Gasteiger partial charge in [-0.25, -0.2) is 4.98 Å². The Bertz CT molecular complexity index is 1460. The Balaban J connectivity index is 1.07. The Morgan fingerprint density at radius 2 is 1.59 bits per heavy atom. The maximum absolute atomic E-state index is 13.3. The van der Waals surface area contributed by atoms with Crippen LogP contribution in [0, 0.1) is 17.8 Å². The third-order valence-corrected chi connectivity index (χ3v) is 8.48. The topological polar surface area (TPSA) is 99.8 Å². The fourth-order valence-corrected chi connectivity index (χ4v) is 7.26. The fraction of sp³-hybridized carbons (Fsp3) is 0.333. The molecule has 4 aliphatic rings. The Hall–Kier alpha value is -4.00. The van der Waals surface area contributed by atoms with Gasteiger partial charge < -0.3 is 15.6 Å². The zero-order chi connectivity index (χ0) is 25.0. The highest BCUT2D eigenvalue weighted by molar-refractivity contribution is 6.03. The number of rotatable bonds is 5. The van der Waals surface area contributed by atoms with Gasteiger partial charge in [0.1, 0.15) is 11.5 Å². The van der Waals surface area contributed by atoms with Crippen LogP contribution >= 0.6 is 0 Å². The van der Waals surface area contributed by atoms with E-state index in [0.29, 0.717) is 16.9 Å². The second kappa shape index (κ2) is 8.54. The lowest BCUT2D eigenvalue weighted by molar-refractivity contribution is -0.0167. The molecule has 0 saturated heterocycles. The van der Waals surface area contributed by atoms with Crippen LogP contribution in [0.5, 0.6) is 0 Å². The average molecular weight is 492 g/mol. The lowest BCUT2D eigenvalue weighted by Gasteiger charge is -2.56. The summed E-state index contributed by atoms with van der Waals surface area (Å²) in [6, 6.07) is 18.4. The van der Waals surface area contributed by atoms with Crippen molar-refractivity contribution < 1.29 is 9.59 Å². The largest absolute Gasteiger partial charge is 0.347 e. The van der Waals surface area contributed by atoms with Crippen molar-refractivity contribution in [3.05, 3.63) is 78.1 Å². The molecular weight excluding hydrogens is 462 g/mol. The lowest BCUT2D eigenvalue weighted by Crippen LogP contribution is -2.59. The number of fused-ring (bicyclic) bond motifs is 1. The number of imidazole rings is 1. The third kappa shape index (κ3) is 4.18. The van der Waals surface area contributed by atoms with Crippen LogP contribution in [-0.2, 0) is 0 Å². The SMILES string of the molecule is O=C(NC12CC3CC(CC(C3)C1)C2)c1ccc2[nH]c(-c3ccc(NC(=O)c4ccccn4)cc3)nc2c1. The molecule has 3 N–H and O–H groups in total. The van der Waals surface area contributed by atoms with Gasteiger partial charge in [0.25, 0.3) is 11.8 Å². The van der Waals surface area contributed by atoms with E-state index in [1.807, 2.05) is 42.5 Å². The number of carbonyl (C=O) groups excluding carboxylic acids is 2. The number of carbonyl (C=O) groups is 2. The van der Waals surface area contributed by atoms with Crippen LogP contribution in [0.25, 0.3) is 22.4 Å². The van der Waals surface area contributed by atoms with Gasteiger partial charge in [-0.15, -0.1) is 0 Å². The summed E-state index contributed by atoms with van der Waals surface area (Å²) in [5, 5.41) is 6.32. The third-order valence-electron chi connectivity index (χ3n) is 8.48. The Kier molecular flexibility index (Phi) is 5.13. The molecule has 4 bridgehead atoms. The van der Waals surface area contributed by atoms with E-state index in [4.69, 9.17) is 4.98 Å². The van der Waals surface area contributed by atoms with Gasteiger partial charge in [0.15, 0.2) is 0 Å². The molecule has 8 rings (SSSR count). The number of hydrogen-bond donors (Lipinski definition) is 3. The van der Waals surface area contributed by atoms with Crippen LogP contribution in [0.15, 0.2) is 66.9 Å². The highest BCUT2D eigenvalue weighted by atomic mass is 16.2. The molecule has 7 nitrogen and oxygen atoms in total. The number of amides is 2. The normalized spacial score (nSPS) is 25.8. The number of pyridine rings is 1. The second-order valence-corrected chi connectivity index (χ2v) is 11.2. The molecule has 0 spiro atoms. The molecule has 37 heavy (non-hydrogen) atoms. The quantitative estimate of drug-likeness (QED) is 0.340. The molecule has 0 aliphatic heterocycles. The van der Waals surface area contributed by atoms with Crippen molar-refractivity contribution in [2.45, 2.75) is 44.1 Å². The maximum Gasteiger partial charge on any atom is 0.274 e. The summed E-state index contributed by atoms with van der Waals surface area (Å²) in [6.07, 6.45) is 9.07. The lowest BCUT2D eigenvalue weighted by atomic mass is 9.53. The highest BCUT2D eigenvalue weighted by Gasteiger charge is 2.51. The number of nitrogens with zero attached hydrogens (tertiary/aromatic N) is 2. The number of aromatic amines is 1. The van der Waals surface area contributed by atoms with Gasteiger partial charge >= 0.3 is 0 Å². The molecule has 2 heterocycles. The summed E-state index contributed by atoms with van der Waals surface area (Å²) in [5.41, 5.74) is 4.24. The predicted octanol–water partition coefficient (Wildman–Crippen LogP) is 5.58. The minimum Gasteiger partial charge on any atom is -0.347 e. The zero-order valence-corrected chi connectivity index (χ0v) is 20.5. The van der Waals surface area contributed by atoms with Gasteiger partial charge in [0.05, 0.1) is 11.0 Å². The maximum atomic E-state index is 13.3. The summed E-state index contributed by atoms with van der Waals surface area (Å²) < 4.78 is 0. The Labute approximate surface area is 215 Å². The van der Waals surface area contributed by atoms with Gasteiger partial charge in [-0.05, 0) is 111 Å². The molecule has 0 atom stereocenters.